The van der Waals surface area contributed by atoms with Gasteiger partial charge in [-0.1, -0.05) is 30.0 Å². The number of hydrogen-bond acceptors (Lipinski definition) is 4. The standard InChI is InChI=1S/C20H17F3N2OS.BrH/c1-3-11-25-18(14-7-9-17(26-2)10-8-14)13-27-19(24-25)15-5-4-6-16(12-15)20(21,22)23;/h3-10,12-13H,1,11H2,2H3;1H/p-1. The molecule has 2 aromatic carbocycles. The zero-order chi connectivity index (χ0) is 19.4. The van der Waals surface area contributed by atoms with Gasteiger partial charge in [0.15, 0.2) is 0 Å². The van der Waals surface area contributed by atoms with Crippen molar-refractivity contribution >= 4 is 22.5 Å². The molecule has 0 unspecified atom stereocenters. The van der Waals surface area contributed by atoms with Crippen molar-refractivity contribution < 1.29 is 34.9 Å². The van der Waals surface area contributed by atoms with Gasteiger partial charge in [-0.05, 0) is 36.4 Å². The maximum absolute atomic E-state index is 13.0. The van der Waals surface area contributed by atoms with Crippen LogP contribution in [-0.4, -0.2) is 23.7 Å². The first kappa shape index (κ1) is 22.1. The van der Waals surface area contributed by atoms with Crippen molar-refractivity contribution in [3.8, 4) is 5.75 Å². The summed E-state index contributed by atoms with van der Waals surface area (Å²) in [5.74, 6) is 0.742. The van der Waals surface area contributed by atoms with Crippen LogP contribution in [0.3, 0.4) is 0 Å². The van der Waals surface area contributed by atoms with E-state index in [2.05, 4.69) is 11.7 Å². The molecule has 0 saturated heterocycles. The molecule has 28 heavy (non-hydrogen) atoms. The van der Waals surface area contributed by atoms with Crippen molar-refractivity contribution in [2.45, 2.75) is 6.18 Å². The lowest BCUT2D eigenvalue weighted by molar-refractivity contribution is -0.137. The molecule has 0 N–H and O–H groups in total. The van der Waals surface area contributed by atoms with Gasteiger partial charge in [0.25, 0.3) is 0 Å². The summed E-state index contributed by atoms with van der Waals surface area (Å²) in [6, 6.07) is 12.7. The van der Waals surface area contributed by atoms with Crippen molar-refractivity contribution in [3.63, 3.8) is 0 Å². The molecule has 1 heterocycles. The van der Waals surface area contributed by atoms with Crippen molar-refractivity contribution in [2.75, 3.05) is 13.7 Å². The van der Waals surface area contributed by atoms with Gasteiger partial charge in [0.2, 0.25) is 0 Å². The minimum absolute atomic E-state index is 0. The Labute approximate surface area is 176 Å². The molecule has 0 aliphatic carbocycles. The van der Waals surface area contributed by atoms with Crippen LogP contribution >= 0.6 is 11.8 Å². The third-order valence-electron chi connectivity index (χ3n) is 3.90. The summed E-state index contributed by atoms with van der Waals surface area (Å²) in [6.45, 7) is 4.17. The molecule has 0 spiro atoms. The highest BCUT2D eigenvalue weighted by Gasteiger charge is 2.31. The monoisotopic (exact) mass is 469 g/mol. The number of alkyl halides is 3. The highest BCUT2D eigenvalue weighted by atomic mass is 79.9. The molecule has 0 aromatic heterocycles. The van der Waals surface area contributed by atoms with E-state index in [1.807, 2.05) is 29.7 Å². The third-order valence-corrected chi connectivity index (χ3v) is 4.78. The van der Waals surface area contributed by atoms with Crippen LogP contribution in [0.25, 0.3) is 5.70 Å². The lowest BCUT2D eigenvalue weighted by Gasteiger charge is -2.26. The molecule has 148 valence electrons. The largest absolute Gasteiger partial charge is 1.00 e. The molecule has 0 fully saturated rings. The van der Waals surface area contributed by atoms with Crippen LogP contribution in [0.15, 0.2) is 71.7 Å². The second-order valence-corrected chi connectivity index (χ2v) is 6.56. The van der Waals surface area contributed by atoms with Crippen LogP contribution in [0, 0.1) is 0 Å². The van der Waals surface area contributed by atoms with Crippen molar-refractivity contribution in [3.05, 3.63) is 83.3 Å². The Bertz CT molecular complexity index is 895. The predicted octanol–water partition coefficient (Wildman–Crippen LogP) is 2.61. The lowest BCUT2D eigenvalue weighted by atomic mass is 10.1. The number of halogens is 4. The summed E-state index contributed by atoms with van der Waals surface area (Å²) in [7, 11) is 1.60. The molecule has 0 atom stereocenters. The van der Waals surface area contributed by atoms with E-state index in [4.69, 9.17) is 4.74 Å². The Balaban J connectivity index is 0.00000280. The normalized spacial score (nSPS) is 13.9. The molecule has 3 rings (SSSR count). The molecule has 3 nitrogen and oxygen atoms in total. The minimum Gasteiger partial charge on any atom is -1.00 e. The van der Waals surface area contributed by atoms with Gasteiger partial charge in [-0.25, -0.2) is 0 Å². The second kappa shape index (κ2) is 9.34. The fourth-order valence-electron chi connectivity index (χ4n) is 2.55. The Hall–Kier alpha value is -2.19. The maximum Gasteiger partial charge on any atom is 0.416 e. The Morgan fingerprint density at radius 2 is 1.86 bits per heavy atom. The number of rotatable bonds is 5. The van der Waals surface area contributed by atoms with Gasteiger partial charge in [-0.15, -0.1) is 6.58 Å². The summed E-state index contributed by atoms with van der Waals surface area (Å²) >= 11 is 1.29. The average Bonchev–Trinajstić information content (AvgIpc) is 2.68. The van der Waals surface area contributed by atoms with Gasteiger partial charge in [-0.2, -0.15) is 18.3 Å². The van der Waals surface area contributed by atoms with E-state index in [-0.39, 0.29) is 17.0 Å². The zero-order valence-electron chi connectivity index (χ0n) is 14.9. The van der Waals surface area contributed by atoms with E-state index in [9.17, 15) is 13.2 Å². The van der Waals surface area contributed by atoms with Crippen LogP contribution in [0.5, 0.6) is 5.75 Å². The number of nitrogens with zero attached hydrogens (tertiary/aromatic N) is 2. The number of hydrogen-bond donors (Lipinski definition) is 0. The molecular formula is C20H17BrF3N2OS-. The maximum atomic E-state index is 13.0. The van der Waals surface area contributed by atoms with Crippen LogP contribution in [0.4, 0.5) is 13.2 Å². The minimum atomic E-state index is -4.39. The first-order valence-electron chi connectivity index (χ1n) is 8.08. The molecule has 1 aliphatic heterocycles. The second-order valence-electron chi connectivity index (χ2n) is 5.70. The van der Waals surface area contributed by atoms with Gasteiger partial charge in [0.1, 0.15) is 10.8 Å². The Morgan fingerprint density at radius 3 is 2.46 bits per heavy atom. The first-order valence-corrected chi connectivity index (χ1v) is 8.96. The molecule has 0 amide bonds. The van der Waals surface area contributed by atoms with E-state index in [1.54, 1.807) is 24.3 Å². The molecule has 0 saturated carbocycles. The zero-order valence-corrected chi connectivity index (χ0v) is 17.3. The van der Waals surface area contributed by atoms with Gasteiger partial charge in [-0.3, -0.25) is 5.01 Å². The number of methoxy groups -OCH3 is 1. The summed E-state index contributed by atoms with van der Waals surface area (Å²) < 4.78 is 44.1. The van der Waals surface area contributed by atoms with E-state index in [0.29, 0.717) is 17.2 Å². The quantitative estimate of drug-likeness (QED) is 0.629. The van der Waals surface area contributed by atoms with Crippen LogP contribution in [-0.2, 0) is 6.18 Å². The summed E-state index contributed by atoms with van der Waals surface area (Å²) in [4.78, 5) is 0. The molecular weight excluding hydrogens is 453 g/mol. The van der Waals surface area contributed by atoms with Crippen LogP contribution < -0.4 is 21.7 Å². The summed E-state index contributed by atoms with van der Waals surface area (Å²) in [5, 5.41) is 8.65. The van der Waals surface area contributed by atoms with Crippen molar-refractivity contribution in [1.82, 2.24) is 5.01 Å². The highest BCUT2D eigenvalue weighted by Crippen LogP contribution is 2.34. The smallest absolute Gasteiger partial charge is 0.416 e. The van der Waals surface area contributed by atoms with E-state index < -0.39 is 11.7 Å². The van der Waals surface area contributed by atoms with Crippen LogP contribution in [0.2, 0.25) is 0 Å². The third kappa shape index (κ3) is 4.99. The SMILES string of the molecule is C=CCN1N=C(c2cccc(C(F)(F)F)c2)SC=C1c1ccc(OC)cc1.[Br-]. The molecule has 0 bridgehead atoms. The lowest BCUT2D eigenvalue weighted by Crippen LogP contribution is -3.00. The number of benzene rings is 2. The molecule has 2 aromatic rings. The molecule has 8 heteroatoms. The van der Waals surface area contributed by atoms with Gasteiger partial charge < -0.3 is 21.7 Å². The fourth-order valence-corrected chi connectivity index (χ4v) is 3.44. The number of ether oxygens (including phenoxy) is 1. The number of thioether (sulfide) groups is 1. The first-order chi connectivity index (χ1) is 12.9. The van der Waals surface area contributed by atoms with Gasteiger partial charge in [0, 0.05) is 16.5 Å². The van der Waals surface area contributed by atoms with Gasteiger partial charge in [0.05, 0.1) is 24.9 Å². The molecule has 0 radical (unpaired) electrons. The topological polar surface area (TPSA) is 24.8 Å². The van der Waals surface area contributed by atoms with E-state index in [0.717, 1.165) is 29.1 Å². The predicted molar refractivity (Wildman–Crippen MR) is 103 cm³/mol. The average molecular weight is 470 g/mol. The van der Waals surface area contributed by atoms with Gasteiger partial charge >= 0.3 is 6.18 Å². The van der Waals surface area contributed by atoms with Crippen LogP contribution in [0.1, 0.15) is 16.7 Å². The van der Waals surface area contributed by atoms with E-state index in [1.165, 1.54) is 17.8 Å². The summed E-state index contributed by atoms with van der Waals surface area (Å²) in [5.41, 5.74) is 1.51. The number of hydrazone groups is 1. The molecule has 1 aliphatic rings. The van der Waals surface area contributed by atoms with E-state index >= 15 is 0 Å². The Morgan fingerprint density at radius 1 is 1.14 bits per heavy atom. The highest BCUT2D eigenvalue weighted by molar-refractivity contribution is 8.17. The Kier molecular flexibility index (Phi) is 7.37. The summed E-state index contributed by atoms with van der Waals surface area (Å²) in [6.07, 6.45) is -2.69. The fraction of sp³-hybridized carbons (Fsp3) is 0.150. The van der Waals surface area contributed by atoms with Crippen molar-refractivity contribution in [2.24, 2.45) is 5.10 Å². The van der Waals surface area contributed by atoms with Crippen molar-refractivity contribution in [1.29, 1.82) is 0 Å².